The number of likely N-dealkylation sites (tertiary alicyclic amines) is 1. The number of alkyl halides is 3. The van der Waals surface area contributed by atoms with Gasteiger partial charge in [0.05, 0.1) is 11.0 Å². The Morgan fingerprint density at radius 3 is 1.97 bits per heavy atom. The molecule has 0 aromatic heterocycles. The molecule has 3 aromatic rings. The van der Waals surface area contributed by atoms with Crippen LogP contribution < -0.4 is 4.90 Å². The maximum atomic E-state index is 14.1. The van der Waals surface area contributed by atoms with Crippen LogP contribution in [0.15, 0.2) is 84.9 Å². The van der Waals surface area contributed by atoms with Crippen molar-refractivity contribution in [2.45, 2.75) is 30.9 Å². The van der Waals surface area contributed by atoms with E-state index in [0.29, 0.717) is 25.3 Å². The molecule has 38 heavy (non-hydrogen) atoms. The summed E-state index contributed by atoms with van der Waals surface area (Å²) in [6.45, 7) is 5.30. The number of nitrogens with zero attached hydrogens (tertiary/aromatic N) is 3. The van der Waals surface area contributed by atoms with E-state index in [1.807, 2.05) is 46.2 Å². The molecular weight excluding hydrogens is 487 g/mol. The number of halogens is 3. The molecule has 4 nitrogen and oxygen atoms in total. The molecule has 2 fully saturated rings. The van der Waals surface area contributed by atoms with Crippen LogP contribution in [-0.2, 0) is 16.4 Å². The first-order chi connectivity index (χ1) is 18.4. The number of benzene rings is 3. The third-order valence-electron chi connectivity index (χ3n) is 7.98. The highest BCUT2D eigenvalue weighted by atomic mass is 19.4. The Balaban J connectivity index is 1.19. The molecule has 1 amide bonds. The smallest absolute Gasteiger partial charge is 0.369 e. The number of piperazine rings is 1. The summed E-state index contributed by atoms with van der Waals surface area (Å²) < 4.78 is 39.3. The van der Waals surface area contributed by atoms with E-state index in [2.05, 4.69) is 29.2 Å². The van der Waals surface area contributed by atoms with Gasteiger partial charge in [0.25, 0.3) is 0 Å². The summed E-state index contributed by atoms with van der Waals surface area (Å²) in [5.74, 6) is 0.176. The van der Waals surface area contributed by atoms with Gasteiger partial charge in [-0.05, 0) is 55.1 Å². The number of carbonyl (C=O) groups excluding carboxylic acids is 1. The number of rotatable bonds is 7. The van der Waals surface area contributed by atoms with Crippen LogP contribution >= 0.6 is 0 Å². The van der Waals surface area contributed by atoms with Crippen molar-refractivity contribution in [3.8, 4) is 0 Å². The summed E-state index contributed by atoms with van der Waals surface area (Å²) in [5, 5.41) is 0. The highest BCUT2D eigenvalue weighted by Crippen LogP contribution is 2.41. The zero-order valence-corrected chi connectivity index (χ0v) is 21.5. The fraction of sp³-hybridized carbons (Fsp3) is 0.387. The van der Waals surface area contributed by atoms with Crippen LogP contribution in [0.25, 0.3) is 0 Å². The molecule has 0 saturated carbocycles. The van der Waals surface area contributed by atoms with E-state index >= 15 is 0 Å². The Labute approximate surface area is 222 Å². The van der Waals surface area contributed by atoms with Gasteiger partial charge in [-0.2, -0.15) is 13.2 Å². The molecule has 2 aliphatic heterocycles. The quantitative estimate of drug-likeness (QED) is 0.392. The van der Waals surface area contributed by atoms with E-state index in [9.17, 15) is 18.0 Å². The number of anilines is 1. The van der Waals surface area contributed by atoms with Crippen molar-refractivity contribution in [3.63, 3.8) is 0 Å². The maximum Gasteiger partial charge on any atom is 0.416 e. The average molecular weight is 522 g/mol. The highest BCUT2D eigenvalue weighted by Gasteiger charge is 2.46. The van der Waals surface area contributed by atoms with Crippen molar-refractivity contribution in [1.29, 1.82) is 0 Å². The van der Waals surface area contributed by atoms with Crippen LogP contribution in [0.3, 0.4) is 0 Å². The molecular formula is C31H34F3N3O. The van der Waals surface area contributed by atoms with E-state index in [-0.39, 0.29) is 5.91 Å². The van der Waals surface area contributed by atoms with E-state index < -0.39 is 17.2 Å². The van der Waals surface area contributed by atoms with Crippen LogP contribution in [0, 0.1) is 0 Å². The van der Waals surface area contributed by atoms with Crippen LogP contribution in [0.4, 0.5) is 18.9 Å². The predicted octanol–water partition coefficient (Wildman–Crippen LogP) is 5.83. The molecule has 0 bridgehead atoms. The van der Waals surface area contributed by atoms with Crippen molar-refractivity contribution >= 4 is 11.6 Å². The van der Waals surface area contributed by atoms with Gasteiger partial charge in [-0.15, -0.1) is 0 Å². The number of amides is 1. The molecule has 2 aliphatic rings. The fourth-order valence-electron chi connectivity index (χ4n) is 5.97. The standard InChI is InChI=1S/C31H34F3N3O/c32-31(33,34)27-14-7-15-28(24-27)36-22-20-35(21-23-36)17-9-19-37-18-8-16-30(29(37)38,25-10-3-1-4-11-25)26-12-5-2-6-13-26/h1-7,10-15,24H,8-9,16-23H2. The Morgan fingerprint density at radius 2 is 1.37 bits per heavy atom. The molecule has 0 spiro atoms. The molecule has 0 radical (unpaired) electrons. The maximum absolute atomic E-state index is 14.1. The van der Waals surface area contributed by atoms with Crippen LogP contribution in [0.2, 0.25) is 0 Å². The normalized spacial score (nSPS) is 18.6. The van der Waals surface area contributed by atoms with E-state index in [4.69, 9.17) is 0 Å². The summed E-state index contributed by atoms with van der Waals surface area (Å²) in [6.07, 6.45) is -1.71. The summed E-state index contributed by atoms with van der Waals surface area (Å²) in [6, 6.07) is 25.8. The number of carbonyl (C=O) groups is 1. The van der Waals surface area contributed by atoms with Gasteiger partial charge in [0.15, 0.2) is 0 Å². The molecule has 3 aromatic carbocycles. The Bertz CT molecular complexity index is 1170. The second-order valence-electron chi connectivity index (χ2n) is 10.3. The lowest BCUT2D eigenvalue weighted by molar-refractivity contribution is -0.139. The molecule has 0 N–H and O–H groups in total. The molecule has 0 aliphatic carbocycles. The minimum Gasteiger partial charge on any atom is -0.369 e. The molecule has 2 saturated heterocycles. The van der Waals surface area contributed by atoms with Gasteiger partial charge < -0.3 is 9.80 Å². The zero-order chi connectivity index (χ0) is 26.6. The lowest BCUT2D eigenvalue weighted by Crippen LogP contribution is -2.53. The third kappa shape index (κ3) is 5.44. The molecule has 0 unspecified atom stereocenters. The minimum atomic E-state index is -4.33. The molecule has 200 valence electrons. The third-order valence-corrected chi connectivity index (χ3v) is 7.98. The van der Waals surface area contributed by atoms with Crippen molar-refractivity contribution in [1.82, 2.24) is 9.80 Å². The first-order valence-corrected chi connectivity index (χ1v) is 13.4. The first kappa shape index (κ1) is 26.3. The first-order valence-electron chi connectivity index (χ1n) is 13.4. The zero-order valence-electron chi connectivity index (χ0n) is 21.5. The lowest BCUT2D eigenvalue weighted by Gasteiger charge is -2.43. The van der Waals surface area contributed by atoms with Crippen LogP contribution in [-0.4, -0.2) is 61.5 Å². The summed E-state index contributed by atoms with van der Waals surface area (Å²) in [7, 11) is 0. The monoisotopic (exact) mass is 521 g/mol. The van der Waals surface area contributed by atoms with E-state index in [1.54, 1.807) is 6.07 Å². The van der Waals surface area contributed by atoms with Crippen molar-refractivity contribution in [3.05, 3.63) is 102 Å². The number of hydrogen-bond donors (Lipinski definition) is 0. The Hall–Kier alpha value is -3.32. The molecule has 7 heteroatoms. The number of piperidine rings is 1. The van der Waals surface area contributed by atoms with Gasteiger partial charge in [0.2, 0.25) is 5.91 Å². The Kier molecular flexibility index (Phi) is 7.75. The number of hydrogen-bond acceptors (Lipinski definition) is 3. The molecule has 2 heterocycles. The van der Waals surface area contributed by atoms with Crippen molar-refractivity contribution in [2.75, 3.05) is 50.7 Å². The van der Waals surface area contributed by atoms with Crippen LogP contribution in [0.1, 0.15) is 36.0 Å². The topological polar surface area (TPSA) is 26.8 Å². The van der Waals surface area contributed by atoms with Gasteiger partial charge in [0.1, 0.15) is 0 Å². The van der Waals surface area contributed by atoms with Crippen LogP contribution in [0.5, 0.6) is 0 Å². The fourth-order valence-corrected chi connectivity index (χ4v) is 5.97. The van der Waals surface area contributed by atoms with Gasteiger partial charge in [0, 0.05) is 45.0 Å². The lowest BCUT2D eigenvalue weighted by atomic mass is 9.68. The van der Waals surface area contributed by atoms with E-state index in [0.717, 1.165) is 62.6 Å². The molecule has 0 atom stereocenters. The summed E-state index contributed by atoms with van der Waals surface area (Å²) in [5.41, 5.74) is 1.46. The SMILES string of the molecule is O=C1N(CCCN2CCN(c3cccc(C(F)(F)F)c3)CC2)CCCC1(c1ccccc1)c1ccccc1. The Morgan fingerprint density at radius 1 is 0.737 bits per heavy atom. The second kappa shape index (κ2) is 11.2. The van der Waals surface area contributed by atoms with Gasteiger partial charge in [-0.25, -0.2) is 0 Å². The average Bonchev–Trinajstić information content (AvgIpc) is 2.95. The predicted molar refractivity (Wildman–Crippen MR) is 144 cm³/mol. The van der Waals surface area contributed by atoms with Crippen molar-refractivity contribution < 1.29 is 18.0 Å². The van der Waals surface area contributed by atoms with Gasteiger partial charge in [-0.1, -0.05) is 66.7 Å². The highest BCUT2D eigenvalue weighted by molar-refractivity contribution is 5.92. The molecule has 5 rings (SSSR count). The van der Waals surface area contributed by atoms with Gasteiger partial charge >= 0.3 is 6.18 Å². The summed E-state index contributed by atoms with van der Waals surface area (Å²) in [4.78, 5) is 20.5. The largest absolute Gasteiger partial charge is 0.416 e. The van der Waals surface area contributed by atoms with Crippen molar-refractivity contribution in [2.24, 2.45) is 0 Å². The van der Waals surface area contributed by atoms with E-state index in [1.165, 1.54) is 12.1 Å². The minimum absolute atomic E-state index is 0.176. The van der Waals surface area contributed by atoms with Gasteiger partial charge in [-0.3, -0.25) is 9.69 Å². The summed E-state index contributed by atoms with van der Waals surface area (Å²) >= 11 is 0. The second-order valence-corrected chi connectivity index (χ2v) is 10.3.